The van der Waals surface area contributed by atoms with Gasteiger partial charge in [-0.15, -0.1) is 0 Å². The summed E-state index contributed by atoms with van der Waals surface area (Å²) >= 11 is 6.00. The largest absolute Gasteiger partial charge is 0.497 e. The number of hydrogen-bond acceptors (Lipinski definition) is 6. The Bertz CT molecular complexity index is 1030. The van der Waals surface area contributed by atoms with Crippen LogP contribution < -0.4 is 20.3 Å². The molecule has 4 rings (SSSR count). The first-order valence-corrected chi connectivity index (χ1v) is 11.1. The smallest absolute Gasteiger partial charge is 0.338 e. The van der Waals surface area contributed by atoms with E-state index in [9.17, 15) is 9.59 Å². The highest BCUT2D eigenvalue weighted by molar-refractivity contribution is 6.30. The van der Waals surface area contributed by atoms with Crippen LogP contribution in [-0.2, 0) is 9.53 Å². The van der Waals surface area contributed by atoms with Crippen molar-refractivity contribution in [3.63, 3.8) is 0 Å². The van der Waals surface area contributed by atoms with Crippen molar-refractivity contribution in [2.75, 3.05) is 51.8 Å². The summed E-state index contributed by atoms with van der Waals surface area (Å²) in [5.41, 5.74) is 2.87. The molecule has 1 atom stereocenters. The third-order valence-electron chi connectivity index (χ3n) is 5.95. The Balaban J connectivity index is 1.53. The minimum atomic E-state index is -0.609. The third kappa shape index (κ3) is 5.23. The number of esters is 1. The van der Waals surface area contributed by atoms with Gasteiger partial charge in [-0.05, 0) is 42.0 Å². The number of urea groups is 1. The predicted molar refractivity (Wildman–Crippen MR) is 127 cm³/mol. The van der Waals surface area contributed by atoms with Crippen molar-refractivity contribution in [3.8, 4) is 5.75 Å². The molecule has 0 radical (unpaired) electrons. The summed E-state index contributed by atoms with van der Waals surface area (Å²) in [5, 5.41) is 6.40. The van der Waals surface area contributed by atoms with Gasteiger partial charge in [0.2, 0.25) is 0 Å². The highest BCUT2D eigenvalue weighted by Crippen LogP contribution is 2.29. The fourth-order valence-electron chi connectivity index (χ4n) is 4.18. The van der Waals surface area contributed by atoms with Crippen LogP contribution in [0.2, 0.25) is 5.02 Å². The van der Waals surface area contributed by atoms with E-state index < -0.39 is 12.0 Å². The molecule has 0 spiro atoms. The maximum absolute atomic E-state index is 12.8. The van der Waals surface area contributed by atoms with Crippen molar-refractivity contribution in [2.45, 2.75) is 6.04 Å². The lowest BCUT2D eigenvalue weighted by molar-refractivity contribution is -0.136. The van der Waals surface area contributed by atoms with Gasteiger partial charge in [-0.25, -0.2) is 9.59 Å². The number of nitrogens with one attached hydrogen (secondary N) is 2. The summed E-state index contributed by atoms with van der Waals surface area (Å²) < 4.78 is 10.3. The number of halogens is 1. The van der Waals surface area contributed by atoms with Crippen molar-refractivity contribution < 1.29 is 19.1 Å². The maximum atomic E-state index is 12.8. The van der Waals surface area contributed by atoms with E-state index in [0.29, 0.717) is 28.6 Å². The van der Waals surface area contributed by atoms with Crippen LogP contribution in [0.3, 0.4) is 0 Å². The lowest BCUT2D eigenvalue weighted by Crippen LogP contribution is -2.51. The molecule has 9 heteroatoms. The van der Waals surface area contributed by atoms with E-state index >= 15 is 0 Å². The van der Waals surface area contributed by atoms with Gasteiger partial charge in [0.15, 0.2) is 0 Å². The van der Waals surface area contributed by atoms with Crippen LogP contribution >= 0.6 is 11.6 Å². The zero-order valence-corrected chi connectivity index (χ0v) is 19.4. The topological polar surface area (TPSA) is 83.1 Å². The highest BCUT2D eigenvalue weighted by Gasteiger charge is 2.34. The van der Waals surface area contributed by atoms with Crippen molar-refractivity contribution in [3.05, 3.63) is 70.4 Å². The standard InChI is InChI=1S/C24H27ClN4O4/c1-32-19-9-3-16(4-10-19)22-21(23(30)33-2)20(26-24(31)27-22)15-28-11-13-29(14-12-28)18-7-5-17(25)6-8-18/h3-10,22H,11-15H2,1-2H3,(H2,26,27,31)/t22-/m1/s1. The number of piperazine rings is 1. The number of nitrogens with zero attached hydrogens (tertiary/aromatic N) is 2. The molecule has 1 saturated heterocycles. The molecule has 0 unspecified atom stereocenters. The Labute approximate surface area is 198 Å². The quantitative estimate of drug-likeness (QED) is 0.632. The number of methoxy groups -OCH3 is 2. The summed E-state index contributed by atoms with van der Waals surface area (Å²) in [6.07, 6.45) is 0. The van der Waals surface area contributed by atoms with Crippen molar-refractivity contribution in [2.24, 2.45) is 0 Å². The van der Waals surface area contributed by atoms with E-state index in [2.05, 4.69) is 20.4 Å². The molecule has 2 aliphatic heterocycles. The van der Waals surface area contributed by atoms with Gasteiger partial charge in [-0.2, -0.15) is 0 Å². The Morgan fingerprint density at radius 2 is 1.70 bits per heavy atom. The fourth-order valence-corrected chi connectivity index (χ4v) is 4.31. The molecule has 1 fully saturated rings. The van der Waals surface area contributed by atoms with Gasteiger partial charge >= 0.3 is 12.0 Å². The van der Waals surface area contributed by atoms with Crippen LogP contribution in [0.1, 0.15) is 11.6 Å². The van der Waals surface area contributed by atoms with Crippen LogP contribution in [0.4, 0.5) is 10.5 Å². The zero-order chi connectivity index (χ0) is 23.4. The van der Waals surface area contributed by atoms with Gasteiger partial charge in [0, 0.05) is 49.1 Å². The fraction of sp³-hybridized carbons (Fsp3) is 0.333. The Morgan fingerprint density at radius 1 is 1.03 bits per heavy atom. The number of anilines is 1. The van der Waals surface area contributed by atoms with Crippen molar-refractivity contribution in [1.82, 2.24) is 15.5 Å². The van der Waals surface area contributed by atoms with Gasteiger partial charge in [-0.1, -0.05) is 23.7 Å². The van der Waals surface area contributed by atoms with Gasteiger partial charge in [-0.3, -0.25) is 4.90 Å². The normalized spacial score (nSPS) is 19.1. The van der Waals surface area contributed by atoms with E-state index in [1.807, 2.05) is 36.4 Å². The molecule has 2 amide bonds. The number of carbonyl (C=O) groups excluding carboxylic acids is 2. The molecule has 0 bridgehead atoms. The van der Waals surface area contributed by atoms with Gasteiger partial charge in [0.05, 0.1) is 25.8 Å². The van der Waals surface area contributed by atoms with E-state index in [-0.39, 0.29) is 6.03 Å². The molecule has 0 aromatic heterocycles. The van der Waals surface area contributed by atoms with Crippen LogP contribution in [-0.4, -0.2) is 63.8 Å². The van der Waals surface area contributed by atoms with E-state index in [0.717, 1.165) is 37.4 Å². The lowest BCUT2D eigenvalue weighted by atomic mass is 9.95. The number of benzene rings is 2. The second-order valence-electron chi connectivity index (χ2n) is 7.93. The second-order valence-corrected chi connectivity index (χ2v) is 8.36. The molecule has 2 aliphatic rings. The van der Waals surface area contributed by atoms with Crippen LogP contribution in [0.25, 0.3) is 0 Å². The molecule has 2 aromatic carbocycles. The summed E-state index contributed by atoms with van der Waals surface area (Å²) in [4.78, 5) is 29.8. The maximum Gasteiger partial charge on any atom is 0.338 e. The monoisotopic (exact) mass is 470 g/mol. The number of hydrogen-bond donors (Lipinski definition) is 2. The van der Waals surface area contributed by atoms with Crippen molar-refractivity contribution in [1.29, 1.82) is 0 Å². The molecule has 0 saturated carbocycles. The van der Waals surface area contributed by atoms with Gasteiger partial charge in [0.1, 0.15) is 5.75 Å². The average molecular weight is 471 g/mol. The van der Waals surface area contributed by atoms with Gasteiger partial charge < -0.3 is 25.0 Å². The molecule has 2 heterocycles. The van der Waals surface area contributed by atoms with E-state index in [4.69, 9.17) is 21.1 Å². The molecular formula is C24H27ClN4O4. The molecule has 33 heavy (non-hydrogen) atoms. The van der Waals surface area contributed by atoms with Crippen LogP contribution in [0.5, 0.6) is 5.75 Å². The lowest BCUT2D eigenvalue weighted by Gasteiger charge is -2.38. The molecule has 0 aliphatic carbocycles. The van der Waals surface area contributed by atoms with E-state index in [1.165, 1.54) is 7.11 Å². The molecule has 8 nitrogen and oxygen atoms in total. The summed E-state index contributed by atoms with van der Waals surface area (Å²) in [5.74, 6) is 0.222. The second kappa shape index (κ2) is 10.1. The molecule has 2 aromatic rings. The highest BCUT2D eigenvalue weighted by atomic mass is 35.5. The molecular weight excluding hydrogens is 444 g/mol. The minimum absolute atomic E-state index is 0.349. The molecule has 174 valence electrons. The summed E-state index contributed by atoms with van der Waals surface area (Å²) in [7, 11) is 2.94. The number of carbonyl (C=O) groups is 2. The predicted octanol–water partition coefficient (Wildman–Crippen LogP) is 2.95. The summed E-state index contributed by atoms with van der Waals surface area (Å²) in [6, 6.07) is 14.1. The zero-order valence-electron chi connectivity index (χ0n) is 18.6. The first kappa shape index (κ1) is 22.9. The van der Waals surface area contributed by atoms with Crippen molar-refractivity contribution >= 4 is 29.3 Å². The average Bonchev–Trinajstić information content (AvgIpc) is 2.84. The molecule has 2 N–H and O–H groups in total. The number of amides is 2. The van der Waals surface area contributed by atoms with Crippen LogP contribution in [0, 0.1) is 0 Å². The Hall–Kier alpha value is -3.23. The van der Waals surface area contributed by atoms with Gasteiger partial charge in [0.25, 0.3) is 0 Å². The first-order chi connectivity index (χ1) is 16.0. The third-order valence-corrected chi connectivity index (χ3v) is 6.21. The minimum Gasteiger partial charge on any atom is -0.497 e. The first-order valence-electron chi connectivity index (χ1n) is 10.7. The Kier molecular flexibility index (Phi) is 7.05. The van der Waals surface area contributed by atoms with Crippen LogP contribution in [0.15, 0.2) is 59.8 Å². The Morgan fingerprint density at radius 3 is 2.30 bits per heavy atom. The number of ether oxygens (including phenoxy) is 2. The van der Waals surface area contributed by atoms with E-state index in [1.54, 1.807) is 19.2 Å². The summed E-state index contributed by atoms with van der Waals surface area (Å²) in [6.45, 7) is 3.68. The SMILES string of the molecule is COC(=O)C1=C(CN2CCN(c3ccc(Cl)cc3)CC2)NC(=O)N[C@@H]1c1ccc(OC)cc1. The number of rotatable bonds is 6.